The number of aromatic nitrogens is 2. The molecule has 142 valence electrons. The molecule has 0 fully saturated rings. The highest BCUT2D eigenvalue weighted by Gasteiger charge is 2.30. The van der Waals surface area contributed by atoms with E-state index in [0.29, 0.717) is 28.0 Å². The van der Waals surface area contributed by atoms with Crippen LogP contribution in [0.2, 0.25) is 0 Å². The Bertz CT molecular complexity index is 1260. The fourth-order valence-corrected chi connectivity index (χ4v) is 3.48. The van der Waals surface area contributed by atoms with Crippen molar-refractivity contribution in [2.75, 3.05) is 7.11 Å². The van der Waals surface area contributed by atoms with Gasteiger partial charge in [-0.25, -0.2) is 4.79 Å². The van der Waals surface area contributed by atoms with Crippen LogP contribution in [0.15, 0.2) is 62.5 Å². The number of benzene rings is 2. The molecule has 28 heavy (non-hydrogen) atoms. The van der Waals surface area contributed by atoms with Crippen molar-refractivity contribution in [2.24, 2.45) is 0 Å². The fraction of sp³-hybridized carbons (Fsp3) is 0.143. The number of H-pyrrole nitrogens is 2. The molecule has 7 heteroatoms. The Kier molecular flexibility index (Phi) is 4.27. The van der Waals surface area contributed by atoms with Crippen molar-refractivity contribution in [2.45, 2.75) is 12.8 Å². The van der Waals surface area contributed by atoms with Gasteiger partial charge in [-0.2, -0.15) is 0 Å². The Labute approximate surface area is 159 Å². The van der Waals surface area contributed by atoms with Crippen LogP contribution in [0, 0.1) is 6.92 Å². The molecule has 0 aliphatic rings. The average molecular weight is 378 g/mol. The van der Waals surface area contributed by atoms with Crippen LogP contribution in [0.3, 0.4) is 0 Å². The molecule has 0 aliphatic carbocycles. The van der Waals surface area contributed by atoms with Gasteiger partial charge in [0.2, 0.25) is 0 Å². The van der Waals surface area contributed by atoms with Crippen LogP contribution in [-0.4, -0.2) is 22.4 Å². The molecule has 0 bridgehead atoms. The Morgan fingerprint density at radius 1 is 1.00 bits per heavy atom. The van der Waals surface area contributed by atoms with E-state index in [4.69, 9.17) is 9.15 Å². The molecule has 0 aliphatic heterocycles. The lowest BCUT2D eigenvalue weighted by Crippen LogP contribution is -2.20. The third-order valence-corrected chi connectivity index (χ3v) is 4.86. The first-order valence-corrected chi connectivity index (χ1v) is 8.67. The number of aromatic amines is 2. The quantitative estimate of drug-likeness (QED) is 0.473. The van der Waals surface area contributed by atoms with Gasteiger partial charge in [-0.05, 0) is 36.8 Å². The molecule has 3 N–H and O–H groups in total. The molecule has 1 atom stereocenters. The highest BCUT2D eigenvalue weighted by molar-refractivity contribution is 5.84. The summed E-state index contributed by atoms with van der Waals surface area (Å²) in [6, 6.07) is 13.7. The average Bonchev–Trinajstić information content (AvgIpc) is 3.03. The largest absolute Gasteiger partial charge is 0.507 e. The summed E-state index contributed by atoms with van der Waals surface area (Å²) in [7, 11) is 1.55. The number of nitrogens with one attached hydrogen (secondary N) is 2. The van der Waals surface area contributed by atoms with Gasteiger partial charge in [0.05, 0.1) is 29.5 Å². The molecule has 0 saturated carbocycles. The van der Waals surface area contributed by atoms with Gasteiger partial charge in [0, 0.05) is 5.69 Å². The molecule has 0 saturated heterocycles. The number of aromatic hydroxyl groups is 1. The molecule has 0 amide bonds. The first-order valence-electron chi connectivity index (χ1n) is 8.67. The fourth-order valence-electron chi connectivity index (χ4n) is 3.48. The van der Waals surface area contributed by atoms with Gasteiger partial charge in [0.1, 0.15) is 17.1 Å². The minimum Gasteiger partial charge on any atom is -0.507 e. The van der Waals surface area contributed by atoms with E-state index in [1.54, 1.807) is 62.6 Å². The van der Waals surface area contributed by atoms with Gasteiger partial charge < -0.3 is 19.4 Å². The lowest BCUT2D eigenvalue weighted by atomic mass is 9.85. The predicted molar refractivity (Wildman–Crippen MR) is 104 cm³/mol. The van der Waals surface area contributed by atoms with Gasteiger partial charge >= 0.3 is 5.63 Å². The first-order chi connectivity index (χ1) is 13.5. The lowest BCUT2D eigenvalue weighted by molar-refractivity contribution is 0.414. The first kappa shape index (κ1) is 17.7. The number of hydrogen-bond donors (Lipinski definition) is 3. The Balaban J connectivity index is 2.05. The van der Waals surface area contributed by atoms with Crippen LogP contribution in [0.25, 0.3) is 11.0 Å². The molecular weight excluding hydrogens is 360 g/mol. The van der Waals surface area contributed by atoms with E-state index in [1.807, 2.05) is 0 Å². The summed E-state index contributed by atoms with van der Waals surface area (Å²) < 4.78 is 10.6. The standard InChI is InChI=1S/C21H18N2O5/c1-11-16(20(25)23-22-11)17(12-7-9-13(27-2)10-8-12)18-19(24)14-5-3-4-6-15(14)28-21(18)26/h3-10,17,24H,1-2H3,(H2,22,23,25). The van der Waals surface area contributed by atoms with Crippen LogP contribution in [-0.2, 0) is 0 Å². The van der Waals surface area contributed by atoms with Gasteiger partial charge in [0.15, 0.2) is 0 Å². The zero-order chi connectivity index (χ0) is 19.8. The van der Waals surface area contributed by atoms with Crippen molar-refractivity contribution >= 4 is 11.0 Å². The van der Waals surface area contributed by atoms with E-state index < -0.39 is 11.5 Å². The minimum atomic E-state index is -0.818. The molecular formula is C21H18N2O5. The van der Waals surface area contributed by atoms with Crippen LogP contribution < -0.4 is 15.9 Å². The van der Waals surface area contributed by atoms with Crippen molar-refractivity contribution in [3.8, 4) is 11.5 Å². The molecule has 7 nitrogen and oxygen atoms in total. The number of rotatable bonds is 4. The third-order valence-electron chi connectivity index (χ3n) is 4.86. The molecule has 4 aromatic rings. The van der Waals surface area contributed by atoms with Crippen LogP contribution in [0.5, 0.6) is 11.5 Å². The third kappa shape index (κ3) is 2.77. The van der Waals surface area contributed by atoms with Gasteiger partial charge in [-0.15, -0.1) is 0 Å². The summed E-state index contributed by atoms with van der Waals surface area (Å²) in [5, 5.41) is 16.7. The van der Waals surface area contributed by atoms with E-state index in [9.17, 15) is 14.7 Å². The van der Waals surface area contributed by atoms with E-state index >= 15 is 0 Å². The Morgan fingerprint density at radius 3 is 2.36 bits per heavy atom. The SMILES string of the molecule is COc1ccc(C(c2c(C)[nH][nH]c2=O)c2c(O)c3ccccc3oc2=O)cc1. The van der Waals surface area contributed by atoms with Gasteiger partial charge in [-0.3, -0.25) is 9.89 Å². The van der Waals surface area contributed by atoms with Crippen molar-refractivity contribution in [1.82, 2.24) is 10.2 Å². The minimum absolute atomic E-state index is 0.0112. The zero-order valence-corrected chi connectivity index (χ0v) is 15.3. The molecule has 0 spiro atoms. The van der Waals surface area contributed by atoms with Gasteiger partial charge in [0.25, 0.3) is 5.56 Å². The number of aryl methyl sites for hydroxylation is 1. The number of para-hydroxylation sites is 1. The van der Waals surface area contributed by atoms with Gasteiger partial charge in [-0.1, -0.05) is 24.3 Å². The number of methoxy groups -OCH3 is 1. The predicted octanol–water partition coefficient (Wildman–Crippen LogP) is 3.01. The van der Waals surface area contributed by atoms with E-state index in [-0.39, 0.29) is 22.5 Å². The number of hydrogen-bond acceptors (Lipinski definition) is 5. The van der Waals surface area contributed by atoms with Crippen molar-refractivity contribution in [1.29, 1.82) is 0 Å². The highest BCUT2D eigenvalue weighted by Crippen LogP contribution is 2.38. The summed E-state index contributed by atoms with van der Waals surface area (Å²) >= 11 is 0. The molecule has 0 radical (unpaired) electrons. The van der Waals surface area contributed by atoms with Crippen molar-refractivity contribution < 1.29 is 14.3 Å². The van der Waals surface area contributed by atoms with Crippen LogP contribution in [0.4, 0.5) is 0 Å². The summed E-state index contributed by atoms with van der Waals surface area (Å²) in [5.74, 6) is -0.383. The second-order valence-electron chi connectivity index (χ2n) is 6.47. The maximum atomic E-state index is 12.8. The topological polar surface area (TPSA) is 108 Å². The van der Waals surface area contributed by atoms with Crippen molar-refractivity contribution in [3.05, 3.63) is 91.7 Å². The lowest BCUT2D eigenvalue weighted by Gasteiger charge is -2.18. The smallest absolute Gasteiger partial charge is 0.344 e. The molecule has 2 heterocycles. The second kappa shape index (κ2) is 6.77. The van der Waals surface area contributed by atoms with E-state index in [1.165, 1.54) is 0 Å². The molecule has 4 rings (SSSR count). The van der Waals surface area contributed by atoms with Crippen molar-refractivity contribution in [3.63, 3.8) is 0 Å². The molecule has 2 aromatic heterocycles. The molecule has 1 unspecified atom stereocenters. The second-order valence-corrected chi connectivity index (χ2v) is 6.47. The number of ether oxygens (including phenoxy) is 1. The van der Waals surface area contributed by atoms with Crippen LogP contribution in [0.1, 0.15) is 28.3 Å². The molecule has 2 aromatic carbocycles. The zero-order valence-electron chi connectivity index (χ0n) is 15.3. The maximum absolute atomic E-state index is 12.8. The van der Waals surface area contributed by atoms with E-state index in [0.717, 1.165) is 0 Å². The Hall–Kier alpha value is -3.74. The monoisotopic (exact) mass is 378 g/mol. The summed E-state index contributed by atoms with van der Waals surface area (Å²) in [6.45, 7) is 1.73. The Morgan fingerprint density at radius 2 is 1.71 bits per heavy atom. The van der Waals surface area contributed by atoms with Crippen LogP contribution >= 0.6 is 0 Å². The summed E-state index contributed by atoms with van der Waals surface area (Å²) in [4.78, 5) is 25.3. The normalized spacial score (nSPS) is 12.2. The maximum Gasteiger partial charge on any atom is 0.344 e. The highest BCUT2D eigenvalue weighted by atomic mass is 16.5. The summed E-state index contributed by atoms with van der Waals surface area (Å²) in [5.41, 5.74) is 0.772. The van der Waals surface area contributed by atoms with E-state index in [2.05, 4.69) is 10.2 Å². The summed E-state index contributed by atoms with van der Waals surface area (Å²) in [6.07, 6.45) is 0. The number of fused-ring (bicyclic) bond motifs is 1.